The SMILES string of the molecule is CCCC(CCN)CCC(=O)N1CCN2C(=O)CCC2C1. The lowest BCUT2D eigenvalue weighted by molar-refractivity contribution is -0.139. The second-order valence-electron chi connectivity index (χ2n) is 6.39. The first kappa shape index (κ1) is 16.3. The molecule has 0 bridgehead atoms. The van der Waals surface area contributed by atoms with Crippen LogP contribution in [-0.2, 0) is 9.59 Å². The highest BCUT2D eigenvalue weighted by molar-refractivity contribution is 5.80. The van der Waals surface area contributed by atoms with Crippen molar-refractivity contribution in [1.29, 1.82) is 0 Å². The number of piperazine rings is 1. The van der Waals surface area contributed by atoms with Gasteiger partial charge in [-0.1, -0.05) is 19.8 Å². The third-order valence-electron chi connectivity index (χ3n) is 4.89. The van der Waals surface area contributed by atoms with Crippen molar-refractivity contribution in [3.05, 3.63) is 0 Å². The first-order valence-corrected chi connectivity index (χ1v) is 8.43. The number of amides is 2. The molecule has 2 fully saturated rings. The highest BCUT2D eigenvalue weighted by Gasteiger charge is 2.36. The molecular formula is C16H29N3O2. The first-order chi connectivity index (χ1) is 10.2. The van der Waals surface area contributed by atoms with E-state index in [4.69, 9.17) is 5.73 Å². The Hall–Kier alpha value is -1.10. The largest absolute Gasteiger partial charge is 0.339 e. The number of rotatable bonds is 7. The molecular weight excluding hydrogens is 266 g/mol. The van der Waals surface area contributed by atoms with E-state index in [-0.39, 0.29) is 17.9 Å². The Morgan fingerprint density at radius 1 is 1.33 bits per heavy atom. The Morgan fingerprint density at radius 3 is 2.86 bits per heavy atom. The van der Waals surface area contributed by atoms with Gasteiger partial charge >= 0.3 is 0 Å². The van der Waals surface area contributed by atoms with Gasteiger partial charge in [-0.05, 0) is 31.7 Å². The Balaban J connectivity index is 1.77. The minimum atomic E-state index is 0.257. The van der Waals surface area contributed by atoms with Crippen LogP contribution in [0.1, 0.15) is 51.9 Å². The van der Waals surface area contributed by atoms with Gasteiger partial charge in [-0.3, -0.25) is 9.59 Å². The number of fused-ring (bicyclic) bond motifs is 1. The maximum atomic E-state index is 12.4. The molecule has 2 heterocycles. The number of nitrogens with two attached hydrogens (primary N) is 1. The molecule has 0 aromatic carbocycles. The first-order valence-electron chi connectivity index (χ1n) is 8.43. The van der Waals surface area contributed by atoms with E-state index in [1.54, 1.807) is 0 Å². The predicted molar refractivity (Wildman–Crippen MR) is 82.6 cm³/mol. The fraction of sp³-hybridized carbons (Fsp3) is 0.875. The number of hydrogen-bond acceptors (Lipinski definition) is 3. The van der Waals surface area contributed by atoms with E-state index >= 15 is 0 Å². The molecule has 2 aliphatic heterocycles. The molecule has 0 aromatic rings. The van der Waals surface area contributed by atoms with Crippen molar-refractivity contribution in [2.45, 2.75) is 57.9 Å². The molecule has 2 aliphatic rings. The maximum Gasteiger partial charge on any atom is 0.223 e. The molecule has 0 aliphatic carbocycles. The van der Waals surface area contributed by atoms with Crippen LogP contribution >= 0.6 is 0 Å². The van der Waals surface area contributed by atoms with Crippen molar-refractivity contribution >= 4 is 11.8 Å². The molecule has 2 rings (SSSR count). The molecule has 0 aromatic heterocycles. The number of hydrogen-bond donors (Lipinski definition) is 1. The van der Waals surface area contributed by atoms with Gasteiger partial charge in [0.2, 0.25) is 11.8 Å². The van der Waals surface area contributed by atoms with E-state index in [9.17, 15) is 9.59 Å². The number of nitrogens with zero attached hydrogens (tertiary/aromatic N) is 2. The summed E-state index contributed by atoms with van der Waals surface area (Å²) in [5.74, 6) is 1.10. The average molecular weight is 295 g/mol. The van der Waals surface area contributed by atoms with Gasteiger partial charge in [0, 0.05) is 38.5 Å². The Kier molecular flexibility index (Phi) is 6.03. The van der Waals surface area contributed by atoms with E-state index in [1.165, 1.54) is 0 Å². The van der Waals surface area contributed by atoms with Crippen LogP contribution in [0.3, 0.4) is 0 Å². The summed E-state index contributed by atoms with van der Waals surface area (Å²) < 4.78 is 0. The molecule has 2 unspecified atom stereocenters. The van der Waals surface area contributed by atoms with Crippen LogP contribution in [0.2, 0.25) is 0 Å². The molecule has 0 spiro atoms. The summed E-state index contributed by atoms with van der Waals surface area (Å²) in [5, 5.41) is 0. The van der Waals surface area contributed by atoms with Gasteiger partial charge in [-0.15, -0.1) is 0 Å². The van der Waals surface area contributed by atoms with Gasteiger partial charge in [0.05, 0.1) is 0 Å². The summed E-state index contributed by atoms with van der Waals surface area (Å²) in [6, 6.07) is 0.269. The van der Waals surface area contributed by atoms with Crippen molar-refractivity contribution in [1.82, 2.24) is 9.80 Å². The molecule has 0 saturated carbocycles. The molecule has 0 radical (unpaired) electrons. The number of carbonyl (C=O) groups is 2. The van der Waals surface area contributed by atoms with E-state index in [0.29, 0.717) is 31.8 Å². The van der Waals surface area contributed by atoms with Gasteiger partial charge < -0.3 is 15.5 Å². The monoisotopic (exact) mass is 295 g/mol. The normalized spacial score (nSPS) is 23.3. The molecule has 2 amide bonds. The molecule has 2 atom stereocenters. The zero-order chi connectivity index (χ0) is 15.2. The molecule has 5 heteroatoms. The summed E-state index contributed by atoms with van der Waals surface area (Å²) in [7, 11) is 0. The lowest BCUT2D eigenvalue weighted by atomic mass is 9.94. The quantitative estimate of drug-likeness (QED) is 0.771. The highest BCUT2D eigenvalue weighted by atomic mass is 16.2. The lowest BCUT2D eigenvalue weighted by Crippen LogP contribution is -2.53. The van der Waals surface area contributed by atoms with Gasteiger partial charge in [0.1, 0.15) is 0 Å². The van der Waals surface area contributed by atoms with Crippen LogP contribution in [0.25, 0.3) is 0 Å². The Bertz CT molecular complexity index is 367. The van der Waals surface area contributed by atoms with Crippen LogP contribution in [0.15, 0.2) is 0 Å². The molecule has 2 saturated heterocycles. The second-order valence-corrected chi connectivity index (χ2v) is 6.39. The van der Waals surface area contributed by atoms with Crippen LogP contribution in [0.5, 0.6) is 0 Å². The minimum Gasteiger partial charge on any atom is -0.339 e. The van der Waals surface area contributed by atoms with E-state index < -0.39 is 0 Å². The summed E-state index contributed by atoms with van der Waals surface area (Å²) in [6.45, 7) is 5.05. The van der Waals surface area contributed by atoms with Crippen LogP contribution in [0.4, 0.5) is 0 Å². The summed E-state index contributed by atoms with van der Waals surface area (Å²) >= 11 is 0. The molecule has 120 valence electrons. The van der Waals surface area contributed by atoms with E-state index in [2.05, 4.69) is 6.92 Å². The predicted octanol–water partition coefficient (Wildman–Crippen LogP) is 1.36. The van der Waals surface area contributed by atoms with Gasteiger partial charge in [-0.25, -0.2) is 0 Å². The fourth-order valence-electron chi connectivity index (χ4n) is 3.65. The molecule has 21 heavy (non-hydrogen) atoms. The highest BCUT2D eigenvalue weighted by Crippen LogP contribution is 2.24. The van der Waals surface area contributed by atoms with Crippen LogP contribution < -0.4 is 5.73 Å². The Labute approximate surface area is 127 Å². The topological polar surface area (TPSA) is 66.6 Å². The van der Waals surface area contributed by atoms with Gasteiger partial charge in [0.15, 0.2) is 0 Å². The zero-order valence-electron chi connectivity index (χ0n) is 13.2. The summed E-state index contributed by atoms with van der Waals surface area (Å²) in [4.78, 5) is 27.9. The van der Waals surface area contributed by atoms with Crippen molar-refractivity contribution in [2.75, 3.05) is 26.2 Å². The zero-order valence-corrected chi connectivity index (χ0v) is 13.2. The van der Waals surface area contributed by atoms with Crippen LogP contribution in [0, 0.1) is 5.92 Å². The lowest BCUT2D eigenvalue weighted by Gasteiger charge is -2.37. The van der Waals surface area contributed by atoms with Gasteiger partial charge in [-0.2, -0.15) is 0 Å². The molecule has 2 N–H and O–H groups in total. The average Bonchev–Trinajstić information content (AvgIpc) is 2.86. The minimum absolute atomic E-state index is 0.257. The third kappa shape index (κ3) is 4.19. The van der Waals surface area contributed by atoms with Gasteiger partial charge in [0.25, 0.3) is 0 Å². The maximum absolute atomic E-state index is 12.4. The van der Waals surface area contributed by atoms with Crippen molar-refractivity contribution < 1.29 is 9.59 Å². The van der Waals surface area contributed by atoms with Crippen molar-refractivity contribution in [3.8, 4) is 0 Å². The standard InChI is InChI=1S/C16H29N3O2/c1-2-3-13(8-9-17)4-6-15(20)18-10-11-19-14(12-18)5-7-16(19)21/h13-14H,2-12,17H2,1H3. The fourth-order valence-corrected chi connectivity index (χ4v) is 3.65. The second kappa shape index (κ2) is 7.78. The van der Waals surface area contributed by atoms with E-state index in [0.717, 1.165) is 45.2 Å². The number of carbonyl (C=O) groups excluding carboxylic acids is 2. The molecule has 5 nitrogen and oxygen atoms in total. The Morgan fingerprint density at radius 2 is 2.14 bits per heavy atom. The smallest absolute Gasteiger partial charge is 0.223 e. The third-order valence-corrected chi connectivity index (χ3v) is 4.89. The summed E-state index contributed by atoms with van der Waals surface area (Å²) in [6.07, 6.45) is 6.48. The summed E-state index contributed by atoms with van der Waals surface area (Å²) in [5.41, 5.74) is 5.65. The van der Waals surface area contributed by atoms with Crippen molar-refractivity contribution in [3.63, 3.8) is 0 Å². The van der Waals surface area contributed by atoms with Crippen LogP contribution in [-0.4, -0.2) is 53.8 Å². The van der Waals surface area contributed by atoms with E-state index in [1.807, 2.05) is 9.80 Å². The van der Waals surface area contributed by atoms with Crippen molar-refractivity contribution in [2.24, 2.45) is 11.7 Å².